The van der Waals surface area contributed by atoms with Gasteiger partial charge in [-0.2, -0.15) is 0 Å². The minimum absolute atomic E-state index is 0.396. The van der Waals surface area contributed by atoms with Crippen LogP contribution < -0.4 is 5.73 Å². The quantitative estimate of drug-likeness (QED) is 0.338. The fourth-order valence-corrected chi connectivity index (χ4v) is 4.62. The lowest BCUT2D eigenvalue weighted by atomic mass is 9.99. The fourth-order valence-electron chi connectivity index (χ4n) is 4.62. The molecule has 0 atom stereocenters. The highest BCUT2D eigenvalue weighted by Crippen LogP contribution is 2.35. The van der Waals surface area contributed by atoms with Gasteiger partial charge in [-0.15, -0.1) is 0 Å². The summed E-state index contributed by atoms with van der Waals surface area (Å²) in [5, 5.41) is 2.00. The van der Waals surface area contributed by atoms with Gasteiger partial charge in [-0.25, -0.2) is 0 Å². The van der Waals surface area contributed by atoms with E-state index in [1.807, 2.05) is 18.2 Å². The van der Waals surface area contributed by atoms with Crippen LogP contribution in [0.25, 0.3) is 32.9 Å². The first-order valence-corrected chi connectivity index (χ1v) is 11.0. The molecule has 3 heteroatoms. The zero-order chi connectivity index (χ0) is 22.2. The van der Waals surface area contributed by atoms with Crippen LogP contribution >= 0.6 is 0 Å². The molecule has 2 N–H and O–H groups in total. The van der Waals surface area contributed by atoms with Crippen LogP contribution in [0, 0.1) is 0 Å². The molecule has 3 nitrogen and oxygen atoms in total. The Labute approximate surface area is 188 Å². The van der Waals surface area contributed by atoms with Crippen molar-refractivity contribution in [2.24, 2.45) is 5.73 Å². The summed E-state index contributed by atoms with van der Waals surface area (Å²) in [7, 11) is 0. The molecular weight excluding hydrogens is 392 g/mol. The molecule has 0 radical (unpaired) electrons. The van der Waals surface area contributed by atoms with Crippen molar-refractivity contribution < 1.29 is 4.79 Å². The van der Waals surface area contributed by atoms with E-state index in [1.54, 1.807) is 0 Å². The van der Waals surface area contributed by atoms with Gasteiger partial charge in [-0.3, -0.25) is 4.79 Å². The molecule has 1 aromatic heterocycles. The summed E-state index contributed by atoms with van der Waals surface area (Å²) < 4.78 is 2.32. The van der Waals surface area contributed by atoms with Gasteiger partial charge in [0.1, 0.15) is 0 Å². The first-order chi connectivity index (χ1) is 15.5. The van der Waals surface area contributed by atoms with Crippen molar-refractivity contribution in [2.75, 3.05) is 0 Å². The van der Waals surface area contributed by atoms with Gasteiger partial charge in [0, 0.05) is 28.4 Å². The number of nitrogens with zero attached hydrogens (tertiary/aromatic N) is 1. The summed E-state index contributed by atoms with van der Waals surface area (Å²) in [5.41, 5.74) is 13.4. The highest BCUT2D eigenvalue weighted by atomic mass is 16.1. The van der Waals surface area contributed by atoms with Crippen LogP contribution in [0.15, 0.2) is 91.0 Å². The summed E-state index contributed by atoms with van der Waals surface area (Å²) in [4.78, 5) is 12.3. The Bertz CT molecular complexity index is 1440. The molecule has 0 aliphatic carbocycles. The van der Waals surface area contributed by atoms with E-state index in [1.165, 1.54) is 22.3 Å². The third kappa shape index (κ3) is 3.36. The molecule has 0 bridgehead atoms. The third-order valence-corrected chi connectivity index (χ3v) is 6.28. The zero-order valence-electron chi connectivity index (χ0n) is 18.4. The van der Waals surface area contributed by atoms with E-state index < -0.39 is 5.91 Å². The van der Waals surface area contributed by atoms with Gasteiger partial charge in [0.05, 0.1) is 5.52 Å². The number of nitrogens with two attached hydrogens (primary N) is 1. The second-order valence-corrected chi connectivity index (χ2v) is 8.60. The molecule has 0 saturated carbocycles. The van der Waals surface area contributed by atoms with Crippen LogP contribution in [0.1, 0.15) is 41.3 Å². The van der Waals surface area contributed by atoms with Crippen LogP contribution in [-0.4, -0.2) is 10.5 Å². The Hall–Kier alpha value is -3.85. The lowest BCUT2D eigenvalue weighted by Crippen LogP contribution is -2.11. The summed E-state index contributed by atoms with van der Waals surface area (Å²) in [6.45, 7) is 5.11. The van der Waals surface area contributed by atoms with Crippen LogP contribution in [0.4, 0.5) is 0 Å². The number of carbonyl (C=O) groups is 1. The van der Waals surface area contributed by atoms with Crippen molar-refractivity contribution in [1.29, 1.82) is 0 Å². The molecule has 0 aliphatic heterocycles. The van der Waals surface area contributed by atoms with Gasteiger partial charge in [-0.1, -0.05) is 86.6 Å². The minimum Gasteiger partial charge on any atom is -0.366 e. The first kappa shape index (κ1) is 20.1. The van der Waals surface area contributed by atoms with E-state index in [0.717, 1.165) is 21.8 Å². The highest BCUT2D eigenvalue weighted by molar-refractivity contribution is 6.18. The standard InChI is InChI=1S/C29H26N2O/c1-19(2)21-15-16-24-27(17-21)31(26-14-8-13-25(28(24)26)29(30)32)18-22-11-6-7-12-23(22)20-9-4-3-5-10-20/h3-17,19H,18H2,1-2H3,(H2,30,32). The van der Waals surface area contributed by atoms with E-state index >= 15 is 0 Å². The molecule has 0 fully saturated rings. The maximum atomic E-state index is 12.3. The molecule has 1 amide bonds. The number of rotatable bonds is 5. The maximum absolute atomic E-state index is 12.3. The lowest BCUT2D eigenvalue weighted by Gasteiger charge is -2.14. The van der Waals surface area contributed by atoms with Gasteiger partial charge in [0.25, 0.3) is 0 Å². The van der Waals surface area contributed by atoms with Crippen LogP contribution in [0.2, 0.25) is 0 Å². The van der Waals surface area contributed by atoms with E-state index in [2.05, 4.69) is 91.2 Å². The molecule has 0 spiro atoms. The SMILES string of the molecule is CC(C)c1ccc2c3c(C(N)=O)cccc3n(Cc3ccccc3-c3ccccc3)c2c1. The van der Waals surface area contributed by atoms with Crippen molar-refractivity contribution in [3.8, 4) is 11.1 Å². The zero-order valence-corrected chi connectivity index (χ0v) is 18.4. The second-order valence-electron chi connectivity index (χ2n) is 8.60. The fraction of sp³-hybridized carbons (Fsp3) is 0.138. The normalized spacial score (nSPS) is 11.5. The predicted octanol–water partition coefficient (Wildman–Crippen LogP) is 6.73. The number of aromatic nitrogens is 1. The largest absolute Gasteiger partial charge is 0.366 e. The monoisotopic (exact) mass is 418 g/mol. The average Bonchev–Trinajstić information content (AvgIpc) is 3.13. The third-order valence-electron chi connectivity index (χ3n) is 6.28. The van der Waals surface area contributed by atoms with Gasteiger partial charge >= 0.3 is 0 Å². The second kappa shape index (κ2) is 8.01. The van der Waals surface area contributed by atoms with Crippen LogP contribution in [0.3, 0.4) is 0 Å². The van der Waals surface area contributed by atoms with Gasteiger partial charge < -0.3 is 10.3 Å². The van der Waals surface area contributed by atoms with E-state index in [-0.39, 0.29) is 0 Å². The number of benzene rings is 4. The Kier molecular flexibility index (Phi) is 5.02. The van der Waals surface area contributed by atoms with Crippen molar-refractivity contribution in [3.05, 3.63) is 108 Å². The number of carbonyl (C=O) groups excluding carboxylic acids is 1. The molecule has 4 aromatic carbocycles. The molecule has 5 rings (SSSR count). The predicted molar refractivity (Wildman–Crippen MR) is 133 cm³/mol. The molecule has 0 unspecified atom stereocenters. The van der Waals surface area contributed by atoms with Gasteiger partial charge in [0.2, 0.25) is 5.91 Å². The topological polar surface area (TPSA) is 48.0 Å². The molecular formula is C29H26N2O. The lowest BCUT2D eigenvalue weighted by molar-refractivity contribution is 0.100. The summed E-state index contributed by atoms with van der Waals surface area (Å²) in [5.74, 6) is 0.0188. The Balaban J connectivity index is 1.78. The number of fused-ring (bicyclic) bond motifs is 3. The molecule has 32 heavy (non-hydrogen) atoms. The van der Waals surface area contributed by atoms with Crippen LogP contribution in [-0.2, 0) is 6.54 Å². The smallest absolute Gasteiger partial charge is 0.249 e. The maximum Gasteiger partial charge on any atom is 0.249 e. The summed E-state index contributed by atoms with van der Waals surface area (Å²) in [6.07, 6.45) is 0. The number of hydrogen-bond donors (Lipinski definition) is 1. The van der Waals surface area contributed by atoms with Crippen LogP contribution in [0.5, 0.6) is 0 Å². The van der Waals surface area contributed by atoms with Crippen molar-refractivity contribution in [3.63, 3.8) is 0 Å². The van der Waals surface area contributed by atoms with Gasteiger partial charge in [0.15, 0.2) is 0 Å². The van der Waals surface area contributed by atoms with Gasteiger partial charge in [-0.05, 0) is 46.4 Å². The number of hydrogen-bond acceptors (Lipinski definition) is 1. The highest BCUT2D eigenvalue weighted by Gasteiger charge is 2.18. The molecule has 0 aliphatic rings. The van der Waals surface area contributed by atoms with Crippen molar-refractivity contribution in [1.82, 2.24) is 4.57 Å². The Morgan fingerprint density at radius 2 is 1.59 bits per heavy atom. The minimum atomic E-state index is -0.396. The van der Waals surface area contributed by atoms with Crippen molar-refractivity contribution in [2.45, 2.75) is 26.3 Å². The molecule has 5 aromatic rings. The number of amides is 1. The summed E-state index contributed by atoms with van der Waals surface area (Å²) in [6, 6.07) is 31.4. The molecule has 158 valence electrons. The van der Waals surface area contributed by atoms with E-state index in [9.17, 15) is 4.79 Å². The molecule has 0 saturated heterocycles. The number of primary amides is 1. The average molecular weight is 419 g/mol. The molecule has 1 heterocycles. The Morgan fingerprint density at radius 1 is 0.844 bits per heavy atom. The van der Waals surface area contributed by atoms with Crippen molar-refractivity contribution >= 4 is 27.7 Å². The summed E-state index contributed by atoms with van der Waals surface area (Å²) >= 11 is 0. The van der Waals surface area contributed by atoms with E-state index in [0.29, 0.717) is 18.0 Å². The Morgan fingerprint density at radius 3 is 2.34 bits per heavy atom. The van der Waals surface area contributed by atoms with E-state index in [4.69, 9.17) is 5.73 Å². The first-order valence-electron chi connectivity index (χ1n) is 11.0.